The van der Waals surface area contributed by atoms with Crippen LogP contribution in [0.1, 0.15) is 38.2 Å². The molecule has 1 atom stereocenters. The maximum Gasteiger partial charge on any atom is 0.387 e. The van der Waals surface area contributed by atoms with Crippen LogP contribution < -0.4 is 10.1 Å². The van der Waals surface area contributed by atoms with E-state index in [2.05, 4.69) is 32.9 Å². The van der Waals surface area contributed by atoms with Crippen LogP contribution >= 0.6 is 15.9 Å². The van der Waals surface area contributed by atoms with Gasteiger partial charge < -0.3 is 10.1 Å². The van der Waals surface area contributed by atoms with Crippen molar-refractivity contribution in [3.8, 4) is 5.75 Å². The molecule has 0 radical (unpaired) electrons. The van der Waals surface area contributed by atoms with Crippen LogP contribution in [0.4, 0.5) is 8.78 Å². The van der Waals surface area contributed by atoms with Gasteiger partial charge >= 0.3 is 6.61 Å². The monoisotopic (exact) mass is 347 g/mol. The summed E-state index contributed by atoms with van der Waals surface area (Å²) < 4.78 is 30.2. The number of hydrogen-bond donors (Lipinski definition) is 1. The lowest BCUT2D eigenvalue weighted by Gasteiger charge is -2.21. The summed E-state index contributed by atoms with van der Waals surface area (Å²) in [5, 5.41) is 3.44. The first-order valence-electron chi connectivity index (χ1n) is 7.03. The first-order chi connectivity index (χ1) is 9.56. The van der Waals surface area contributed by atoms with Crippen LogP contribution in [0.3, 0.4) is 0 Å². The standard InChI is InChI=1S/C15H20BrF2NO/c1-10(11-4-2-3-5-11)19-9-12-8-13(16)6-7-14(12)20-15(17)18/h6-8,10-11,15,19H,2-5,9H2,1H3. The predicted octanol–water partition coefficient (Wildman–Crippen LogP) is 4.72. The fourth-order valence-electron chi connectivity index (χ4n) is 2.79. The second kappa shape index (κ2) is 7.36. The quantitative estimate of drug-likeness (QED) is 0.803. The zero-order chi connectivity index (χ0) is 14.5. The van der Waals surface area contributed by atoms with E-state index in [9.17, 15) is 8.78 Å². The minimum absolute atomic E-state index is 0.245. The third kappa shape index (κ3) is 4.42. The molecule has 1 aromatic rings. The van der Waals surface area contributed by atoms with Crippen LogP contribution in [0.2, 0.25) is 0 Å². The van der Waals surface area contributed by atoms with Gasteiger partial charge in [0, 0.05) is 22.6 Å². The average molecular weight is 348 g/mol. The van der Waals surface area contributed by atoms with Crippen molar-refractivity contribution in [1.29, 1.82) is 0 Å². The van der Waals surface area contributed by atoms with E-state index in [-0.39, 0.29) is 5.75 Å². The van der Waals surface area contributed by atoms with E-state index in [1.165, 1.54) is 25.7 Å². The molecule has 2 rings (SSSR count). The van der Waals surface area contributed by atoms with Crippen molar-refractivity contribution in [2.75, 3.05) is 0 Å². The van der Waals surface area contributed by atoms with Crippen LogP contribution in [0.15, 0.2) is 22.7 Å². The molecule has 0 aromatic heterocycles. The summed E-state index contributed by atoms with van der Waals surface area (Å²) in [5.74, 6) is 0.941. The fourth-order valence-corrected chi connectivity index (χ4v) is 3.20. The fraction of sp³-hybridized carbons (Fsp3) is 0.600. The van der Waals surface area contributed by atoms with Crippen LogP contribution in [0.25, 0.3) is 0 Å². The summed E-state index contributed by atoms with van der Waals surface area (Å²) in [6.07, 6.45) is 5.11. The van der Waals surface area contributed by atoms with E-state index < -0.39 is 6.61 Å². The van der Waals surface area contributed by atoms with Crippen LogP contribution in [-0.2, 0) is 6.54 Å². The third-order valence-electron chi connectivity index (χ3n) is 3.96. The van der Waals surface area contributed by atoms with Crippen LogP contribution in [0, 0.1) is 5.92 Å². The average Bonchev–Trinajstić information content (AvgIpc) is 2.92. The summed E-state index contributed by atoms with van der Waals surface area (Å²) in [5.41, 5.74) is 0.754. The van der Waals surface area contributed by atoms with E-state index >= 15 is 0 Å². The van der Waals surface area contributed by atoms with Crippen molar-refractivity contribution in [3.05, 3.63) is 28.2 Å². The molecule has 1 unspecified atom stereocenters. The molecule has 1 aromatic carbocycles. The molecule has 1 fully saturated rings. The molecule has 20 heavy (non-hydrogen) atoms. The highest BCUT2D eigenvalue weighted by Crippen LogP contribution is 2.29. The summed E-state index contributed by atoms with van der Waals surface area (Å²) in [6, 6.07) is 5.51. The molecular formula is C15H20BrF2NO. The van der Waals surface area contributed by atoms with E-state index in [0.717, 1.165) is 10.0 Å². The Labute approximate surface area is 127 Å². The minimum atomic E-state index is -2.79. The molecule has 0 bridgehead atoms. The van der Waals surface area contributed by atoms with Crippen LogP contribution in [-0.4, -0.2) is 12.7 Å². The second-order valence-corrected chi connectivity index (χ2v) is 6.26. The van der Waals surface area contributed by atoms with Crippen molar-refractivity contribution in [2.24, 2.45) is 5.92 Å². The smallest absolute Gasteiger partial charge is 0.387 e. The van der Waals surface area contributed by atoms with Gasteiger partial charge in [0.2, 0.25) is 0 Å². The number of nitrogens with one attached hydrogen (secondary N) is 1. The molecule has 1 aliphatic carbocycles. The Morgan fingerprint density at radius 3 is 2.70 bits per heavy atom. The molecule has 112 valence electrons. The first-order valence-corrected chi connectivity index (χ1v) is 7.82. The number of benzene rings is 1. The van der Waals surface area contributed by atoms with Crippen molar-refractivity contribution in [3.63, 3.8) is 0 Å². The van der Waals surface area contributed by atoms with E-state index in [4.69, 9.17) is 0 Å². The Kier molecular flexibility index (Phi) is 5.78. The van der Waals surface area contributed by atoms with Gasteiger partial charge in [-0.2, -0.15) is 8.78 Å². The summed E-state index contributed by atoms with van der Waals surface area (Å²) in [4.78, 5) is 0. The van der Waals surface area contributed by atoms with Gasteiger partial charge in [0.1, 0.15) is 5.75 Å². The predicted molar refractivity (Wildman–Crippen MR) is 79.0 cm³/mol. The molecule has 5 heteroatoms. The number of rotatable bonds is 6. The lowest BCUT2D eigenvalue weighted by atomic mass is 9.99. The molecule has 0 heterocycles. The van der Waals surface area contributed by atoms with Gasteiger partial charge in [-0.05, 0) is 43.9 Å². The van der Waals surface area contributed by atoms with E-state index in [0.29, 0.717) is 18.5 Å². The molecular weight excluding hydrogens is 328 g/mol. The van der Waals surface area contributed by atoms with Gasteiger partial charge in [-0.15, -0.1) is 0 Å². The summed E-state index contributed by atoms with van der Waals surface area (Å²) >= 11 is 3.37. The van der Waals surface area contributed by atoms with E-state index in [1.54, 1.807) is 12.1 Å². The number of alkyl halides is 2. The van der Waals surface area contributed by atoms with Gasteiger partial charge in [0.05, 0.1) is 0 Å². The lowest BCUT2D eigenvalue weighted by molar-refractivity contribution is -0.0505. The molecule has 1 aliphatic rings. The minimum Gasteiger partial charge on any atom is -0.434 e. The zero-order valence-electron chi connectivity index (χ0n) is 11.5. The Morgan fingerprint density at radius 2 is 2.05 bits per heavy atom. The molecule has 0 aliphatic heterocycles. The van der Waals surface area contributed by atoms with E-state index in [1.807, 2.05) is 6.07 Å². The summed E-state index contributed by atoms with van der Waals surface area (Å²) in [7, 11) is 0. The van der Waals surface area contributed by atoms with Crippen molar-refractivity contribution in [2.45, 2.75) is 51.8 Å². The molecule has 2 nitrogen and oxygen atoms in total. The molecule has 0 amide bonds. The second-order valence-electron chi connectivity index (χ2n) is 5.34. The van der Waals surface area contributed by atoms with Crippen molar-refractivity contribution in [1.82, 2.24) is 5.32 Å². The largest absolute Gasteiger partial charge is 0.434 e. The Morgan fingerprint density at radius 1 is 1.35 bits per heavy atom. The van der Waals surface area contributed by atoms with Gasteiger partial charge in [0.15, 0.2) is 0 Å². The maximum absolute atomic E-state index is 12.4. The SMILES string of the molecule is CC(NCc1cc(Br)ccc1OC(F)F)C1CCCC1. The first kappa shape index (κ1) is 15.7. The normalized spacial score (nSPS) is 17.6. The molecule has 0 spiro atoms. The van der Waals surface area contributed by atoms with Crippen molar-refractivity contribution >= 4 is 15.9 Å². The highest BCUT2D eigenvalue weighted by molar-refractivity contribution is 9.10. The van der Waals surface area contributed by atoms with Gasteiger partial charge in [-0.3, -0.25) is 0 Å². The molecule has 1 N–H and O–H groups in total. The number of ether oxygens (including phenoxy) is 1. The summed E-state index contributed by atoms with van der Waals surface area (Å²) in [6.45, 7) is -0.0805. The highest BCUT2D eigenvalue weighted by Gasteiger charge is 2.21. The third-order valence-corrected chi connectivity index (χ3v) is 4.45. The molecule has 0 saturated heterocycles. The van der Waals surface area contributed by atoms with Gasteiger partial charge in [-0.25, -0.2) is 0 Å². The Bertz CT molecular complexity index is 436. The Balaban J connectivity index is 1.98. The topological polar surface area (TPSA) is 21.3 Å². The Hall–Kier alpha value is -0.680. The zero-order valence-corrected chi connectivity index (χ0v) is 13.1. The lowest BCUT2D eigenvalue weighted by Crippen LogP contribution is -2.31. The number of halogens is 3. The van der Waals surface area contributed by atoms with Crippen molar-refractivity contribution < 1.29 is 13.5 Å². The number of hydrogen-bond acceptors (Lipinski definition) is 2. The van der Waals surface area contributed by atoms with Gasteiger partial charge in [0.25, 0.3) is 0 Å². The van der Waals surface area contributed by atoms with Crippen LogP contribution in [0.5, 0.6) is 5.75 Å². The molecule has 1 saturated carbocycles. The van der Waals surface area contributed by atoms with Gasteiger partial charge in [-0.1, -0.05) is 28.8 Å². The highest BCUT2D eigenvalue weighted by atomic mass is 79.9. The maximum atomic E-state index is 12.4.